The maximum atomic E-state index is 5.77. The lowest BCUT2D eigenvalue weighted by Gasteiger charge is -2.19. The van der Waals surface area contributed by atoms with Crippen molar-refractivity contribution < 1.29 is 9.47 Å². The minimum Gasteiger partial charge on any atom is -0.486 e. The number of hydrogen-bond acceptors (Lipinski definition) is 5. The first-order valence-corrected chi connectivity index (χ1v) is 9.13. The summed E-state index contributed by atoms with van der Waals surface area (Å²) in [5, 5.41) is 0. The van der Waals surface area contributed by atoms with Crippen molar-refractivity contribution in [1.82, 2.24) is 19.4 Å². The van der Waals surface area contributed by atoms with Crippen molar-refractivity contribution in [2.45, 2.75) is 6.92 Å². The molecule has 3 heterocycles. The number of aryl methyl sites for hydroxylation is 1. The first-order chi connectivity index (χ1) is 13.5. The number of aliphatic imine (C=N–C) groups is 1. The molecule has 0 amide bonds. The van der Waals surface area contributed by atoms with Gasteiger partial charge in [0.2, 0.25) is 5.95 Å². The molecule has 0 aliphatic carbocycles. The molecule has 1 aromatic carbocycles. The Bertz CT molecular complexity index is 1040. The highest BCUT2D eigenvalue weighted by Gasteiger charge is 2.20. The second-order valence-corrected chi connectivity index (χ2v) is 6.92. The van der Waals surface area contributed by atoms with E-state index in [9.17, 15) is 0 Å². The van der Waals surface area contributed by atoms with Crippen molar-refractivity contribution in [2.24, 2.45) is 12.0 Å². The van der Waals surface area contributed by atoms with Gasteiger partial charge in [0.15, 0.2) is 11.5 Å². The van der Waals surface area contributed by atoms with Crippen LogP contribution >= 0.6 is 0 Å². The molecule has 0 unspecified atom stereocenters. The SMILES string of the molecule is Cc1cc(-c2nc(N=CN(C)C)n(C)c2-c2ccc3c(c2)OCCO3)ccn1. The van der Waals surface area contributed by atoms with Crippen molar-refractivity contribution in [3.8, 4) is 34.0 Å². The maximum Gasteiger partial charge on any atom is 0.231 e. The molecule has 1 aliphatic rings. The van der Waals surface area contributed by atoms with Crippen molar-refractivity contribution in [1.29, 1.82) is 0 Å². The minimum absolute atomic E-state index is 0.552. The number of aromatic nitrogens is 3. The van der Waals surface area contributed by atoms with Crippen LogP contribution in [-0.2, 0) is 7.05 Å². The highest BCUT2D eigenvalue weighted by atomic mass is 16.6. The highest BCUT2D eigenvalue weighted by Crippen LogP contribution is 2.39. The molecule has 28 heavy (non-hydrogen) atoms. The normalized spacial score (nSPS) is 13.1. The number of fused-ring (bicyclic) bond motifs is 1. The Labute approximate surface area is 164 Å². The van der Waals surface area contributed by atoms with Crippen LogP contribution in [-0.4, -0.2) is 53.1 Å². The standard InChI is InChI=1S/C21H23N5O2/c1-14-11-15(7-8-22-14)19-20(26(4)21(24-19)23-13-25(2)3)16-5-6-17-18(12-16)28-10-9-27-17/h5-8,11-13H,9-10H2,1-4H3. The number of benzene rings is 1. The zero-order chi connectivity index (χ0) is 19.7. The largest absolute Gasteiger partial charge is 0.486 e. The minimum atomic E-state index is 0.552. The molecule has 2 aromatic heterocycles. The van der Waals surface area contributed by atoms with Gasteiger partial charge in [0.05, 0.1) is 17.7 Å². The highest BCUT2D eigenvalue weighted by molar-refractivity contribution is 5.82. The summed E-state index contributed by atoms with van der Waals surface area (Å²) in [6, 6.07) is 9.98. The Balaban J connectivity index is 1.89. The van der Waals surface area contributed by atoms with E-state index in [1.165, 1.54) is 0 Å². The summed E-state index contributed by atoms with van der Waals surface area (Å²) in [6.07, 6.45) is 3.55. The molecule has 4 rings (SSSR count). The number of nitrogens with zero attached hydrogens (tertiary/aromatic N) is 5. The van der Waals surface area contributed by atoms with Gasteiger partial charge in [-0.2, -0.15) is 0 Å². The fraction of sp³-hybridized carbons (Fsp3) is 0.286. The van der Waals surface area contributed by atoms with Gasteiger partial charge in [-0.1, -0.05) is 0 Å². The van der Waals surface area contributed by atoms with Crippen molar-refractivity contribution in [2.75, 3.05) is 27.3 Å². The fourth-order valence-corrected chi connectivity index (χ4v) is 3.18. The number of pyridine rings is 1. The molecular weight excluding hydrogens is 354 g/mol. The summed E-state index contributed by atoms with van der Waals surface area (Å²) in [4.78, 5) is 15.5. The van der Waals surface area contributed by atoms with E-state index in [2.05, 4.69) is 9.98 Å². The number of rotatable bonds is 4. The van der Waals surface area contributed by atoms with E-state index in [1.54, 1.807) is 12.5 Å². The Morgan fingerprint density at radius 2 is 1.86 bits per heavy atom. The molecule has 0 saturated carbocycles. The van der Waals surface area contributed by atoms with Gasteiger partial charge in [0, 0.05) is 44.2 Å². The van der Waals surface area contributed by atoms with Gasteiger partial charge >= 0.3 is 0 Å². The van der Waals surface area contributed by atoms with Crippen LogP contribution in [0.4, 0.5) is 5.95 Å². The number of imidazole rings is 1. The van der Waals surface area contributed by atoms with Gasteiger partial charge in [0.1, 0.15) is 13.2 Å². The van der Waals surface area contributed by atoms with Crippen molar-refractivity contribution in [3.05, 3.63) is 42.2 Å². The lowest BCUT2D eigenvalue weighted by atomic mass is 10.0. The predicted molar refractivity (Wildman–Crippen MR) is 109 cm³/mol. The van der Waals surface area contributed by atoms with Crippen LogP contribution in [0.3, 0.4) is 0 Å². The van der Waals surface area contributed by atoms with E-state index in [0.717, 1.165) is 39.7 Å². The lowest BCUT2D eigenvalue weighted by Crippen LogP contribution is -2.15. The molecule has 144 valence electrons. The smallest absolute Gasteiger partial charge is 0.231 e. The van der Waals surface area contributed by atoms with Gasteiger partial charge in [0.25, 0.3) is 0 Å². The van der Waals surface area contributed by atoms with Crippen LogP contribution in [0, 0.1) is 6.92 Å². The number of ether oxygens (including phenoxy) is 2. The van der Waals surface area contributed by atoms with Crippen LogP contribution < -0.4 is 9.47 Å². The molecular formula is C21H23N5O2. The summed E-state index contributed by atoms with van der Waals surface area (Å²) < 4.78 is 13.4. The van der Waals surface area contributed by atoms with Gasteiger partial charge in [-0.3, -0.25) is 4.98 Å². The van der Waals surface area contributed by atoms with Crippen molar-refractivity contribution in [3.63, 3.8) is 0 Å². The van der Waals surface area contributed by atoms with Crippen LogP contribution in [0.15, 0.2) is 41.5 Å². The summed E-state index contributed by atoms with van der Waals surface area (Å²) in [7, 11) is 5.83. The van der Waals surface area contributed by atoms with E-state index in [0.29, 0.717) is 19.2 Å². The number of hydrogen-bond donors (Lipinski definition) is 0. The molecule has 0 N–H and O–H groups in total. The van der Waals surface area contributed by atoms with Gasteiger partial charge in [-0.15, -0.1) is 0 Å². The van der Waals surface area contributed by atoms with Gasteiger partial charge in [-0.25, -0.2) is 9.98 Å². The van der Waals surface area contributed by atoms with Crippen LogP contribution in [0.25, 0.3) is 22.5 Å². The quantitative estimate of drug-likeness (QED) is 0.515. The van der Waals surface area contributed by atoms with Gasteiger partial charge in [-0.05, 0) is 37.3 Å². The third-order valence-corrected chi connectivity index (χ3v) is 4.46. The Morgan fingerprint density at radius 3 is 2.61 bits per heavy atom. The molecule has 1 aliphatic heterocycles. The summed E-state index contributed by atoms with van der Waals surface area (Å²) >= 11 is 0. The molecule has 0 spiro atoms. The average Bonchev–Trinajstić information content (AvgIpc) is 3.02. The van der Waals surface area contributed by atoms with Crippen molar-refractivity contribution >= 4 is 12.3 Å². The third kappa shape index (κ3) is 3.43. The second-order valence-electron chi connectivity index (χ2n) is 6.92. The zero-order valence-corrected chi connectivity index (χ0v) is 16.5. The molecule has 0 saturated heterocycles. The first-order valence-electron chi connectivity index (χ1n) is 9.13. The zero-order valence-electron chi connectivity index (χ0n) is 16.5. The molecule has 0 radical (unpaired) electrons. The molecule has 3 aromatic rings. The monoisotopic (exact) mass is 377 g/mol. The topological polar surface area (TPSA) is 64.8 Å². The Kier molecular flexibility index (Phi) is 4.73. The Hall–Kier alpha value is -3.35. The van der Waals surface area contributed by atoms with E-state index >= 15 is 0 Å². The van der Waals surface area contributed by atoms with Crippen LogP contribution in [0.2, 0.25) is 0 Å². The maximum absolute atomic E-state index is 5.77. The third-order valence-electron chi connectivity index (χ3n) is 4.46. The predicted octanol–water partition coefficient (Wildman–Crippen LogP) is 3.45. The summed E-state index contributed by atoms with van der Waals surface area (Å²) in [5.74, 6) is 2.15. The molecule has 0 fully saturated rings. The van der Waals surface area contributed by atoms with E-state index < -0.39 is 0 Å². The molecule has 0 atom stereocenters. The summed E-state index contributed by atoms with van der Waals surface area (Å²) in [6.45, 7) is 3.10. The van der Waals surface area contributed by atoms with E-state index in [-0.39, 0.29) is 0 Å². The Morgan fingerprint density at radius 1 is 1.07 bits per heavy atom. The fourth-order valence-electron chi connectivity index (χ4n) is 3.18. The van der Waals surface area contributed by atoms with Crippen LogP contribution in [0.1, 0.15) is 5.69 Å². The summed E-state index contributed by atoms with van der Waals surface area (Å²) in [5.41, 5.74) is 4.76. The second kappa shape index (κ2) is 7.34. The van der Waals surface area contributed by atoms with E-state index in [4.69, 9.17) is 14.5 Å². The van der Waals surface area contributed by atoms with Gasteiger partial charge < -0.3 is 18.9 Å². The molecule has 7 nitrogen and oxygen atoms in total. The lowest BCUT2D eigenvalue weighted by molar-refractivity contribution is 0.171. The molecule has 7 heteroatoms. The average molecular weight is 377 g/mol. The first kappa shape index (κ1) is 18.0. The van der Waals surface area contributed by atoms with Crippen LogP contribution in [0.5, 0.6) is 11.5 Å². The molecule has 0 bridgehead atoms. The van der Waals surface area contributed by atoms with E-state index in [1.807, 2.05) is 67.9 Å².